The Morgan fingerprint density at radius 2 is 1.92 bits per heavy atom. The third-order valence-corrected chi connectivity index (χ3v) is 6.98. The fourth-order valence-corrected chi connectivity index (χ4v) is 5.26. The van der Waals surface area contributed by atoms with E-state index >= 15 is 0 Å². The molecule has 1 aromatic heterocycles. The molecule has 0 radical (unpaired) electrons. The molecule has 1 N–H and O–H groups in total. The van der Waals surface area contributed by atoms with Gasteiger partial charge in [-0.25, -0.2) is 0 Å². The molecule has 0 aliphatic carbocycles. The standard InChI is InChI=1S/C28H28ClNO8/c1-4-36-19-8-7-15(11-20(19)34-2)24-23(26(32)28(33)30(24)14-18-6-5-9-37-18)25(31)21-12-16-10-17(29)13-22(35-3)27(16)38-21/h7-8,10-13,18,24,32H,4-6,9,14H2,1-3H3. The number of Topliss-reactive ketones (excluding diaryl/α,β-unsaturated/α-hetero) is 1. The number of benzene rings is 2. The first-order valence-electron chi connectivity index (χ1n) is 12.3. The van der Waals surface area contributed by atoms with Crippen molar-refractivity contribution in [1.82, 2.24) is 4.90 Å². The number of halogens is 1. The molecule has 5 rings (SSSR count). The van der Waals surface area contributed by atoms with E-state index < -0.39 is 23.5 Å². The van der Waals surface area contributed by atoms with Gasteiger partial charge in [0.2, 0.25) is 5.78 Å². The number of carbonyl (C=O) groups excluding carboxylic acids is 2. The van der Waals surface area contributed by atoms with Gasteiger partial charge in [0.05, 0.1) is 38.5 Å². The van der Waals surface area contributed by atoms with E-state index in [0.29, 0.717) is 52.0 Å². The minimum absolute atomic E-state index is 0.0585. The van der Waals surface area contributed by atoms with Crippen molar-refractivity contribution in [2.45, 2.75) is 31.9 Å². The molecular formula is C28H28ClNO8. The van der Waals surface area contributed by atoms with Crippen LogP contribution in [0.25, 0.3) is 11.0 Å². The predicted octanol–water partition coefficient (Wildman–Crippen LogP) is 5.26. The second kappa shape index (κ2) is 10.6. The third kappa shape index (κ3) is 4.56. The van der Waals surface area contributed by atoms with Crippen molar-refractivity contribution in [3.8, 4) is 17.2 Å². The van der Waals surface area contributed by atoms with E-state index in [1.165, 1.54) is 25.2 Å². The van der Waals surface area contributed by atoms with Crippen molar-refractivity contribution in [1.29, 1.82) is 0 Å². The average Bonchev–Trinajstić information content (AvgIpc) is 3.64. The fourth-order valence-electron chi connectivity index (χ4n) is 5.04. The number of rotatable bonds is 9. The summed E-state index contributed by atoms with van der Waals surface area (Å²) in [5.74, 6) is -0.643. The number of aliphatic hydroxyl groups excluding tert-OH is 1. The topological polar surface area (TPSA) is 108 Å². The van der Waals surface area contributed by atoms with Gasteiger partial charge in [-0.2, -0.15) is 0 Å². The van der Waals surface area contributed by atoms with Gasteiger partial charge in [0.1, 0.15) is 0 Å². The van der Waals surface area contributed by atoms with Gasteiger partial charge in [-0.15, -0.1) is 0 Å². The van der Waals surface area contributed by atoms with Crippen LogP contribution in [-0.2, 0) is 9.53 Å². The second-order valence-electron chi connectivity index (χ2n) is 9.07. The zero-order valence-corrected chi connectivity index (χ0v) is 22.0. The smallest absolute Gasteiger partial charge is 0.290 e. The van der Waals surface area contributed by atoms with Crippen LogP contribution in [0.1, 0.15) is 41.9 Å². The Balaban J connectivity index is 1.60. The van der Waals surface area contributed by atoms with Gasteiger partial charge in [0, 0.05) is 29.6 Å². The summed E-state index contributed by atoms with van der Waals surface area (Å²) in [4.78, 5) is 28.7. The summed E-state index contributed by atoms with van der Waals surface area (Å²) in [6.45, 7) is 3.11. The lowest BCUT2D eigenvalue weighted by atomic mass is 9.94. The molecule has 9 nitrogen and oxygen atoms in total. The lowest BCUT2D eigenvalue weighted by molar-refractivity contribution is -0.131. The molecule has 3 heterocycles. The summed E-state index contributed by atoms with van der Waals surface area (Å²) < 4.78 is 28.1. The van der Waals surface area contributed by atoms with Crippen molar-refractivity contribution in [2.75, 3.05) is 34.0 Å². The van der Waals surface area contributed by atoms with E-state index in [2.05, 4.69) is 0 Å². The largest absolute Gasteiger partial charge is 0.503 e. The van der Waals surface area contributed by atoms with Gasteiger partial charge in [-0.05, 0) is 49.6 Å². The predicted molar refractivity (Wildman–Crippen MR) is 139 cm³/mol. The van der Waals surface area contributed by atoms with E-state index in [9.17, 15) is 14.7 Å². The SMILES string of the molecule is CCOc1ccc(C2C(C(=O)c3cc4cc(Cl)cc(OC)c4o3)=C(O)C(=O)N2CC2CCCO2)cc1OC. The lowest BCUT2D eigenvalue weighted by Crippen LogP contribution is -2.37. The highest BCUT2D eigenvalue weighted by molar-refractivity contribution is 6.31. The molecule has 0 spiro atoms. The number of aliphatic hydroxyl groups is 1. The number of fused-ring (bicyclic) bond motifs is 1. The van der Waals surface area contributed by atoms with Gasteiger partial charge in [0.25, 0.3) is 5.91 Å². The molecule has 2 aliphatic rings. The number of hydrogen-bond donors (Lipinski definition) is 1. The minimum atomic E-state index is -0.900. The molecule has 0 saturated carbocycles. The molecule has 200 valence electrons. The zero-order valence-electron chi connectivity index (χ0n) is 21.3. The van der Waals surface area contributed by atoms with Crippen LogP contribution in [0.3, 0.4) is 0 Å². The van der Waals surface area contributed by atoms with Crippen LogP contribution in [0.5, 0.6) is 17.2 Å². The molecule has 3 aromatic rings. The summed E-state index contributed by atoms with van der Waals surface area (Å²) >= 11 is 6.19. The van der Waals surface area contributed by atoms with Crippen molar-refractivity contribution in [3.63, 3.8) is 0 Å². The molecule has 2 aromatic carbocycles. The summed E-state index contributed by atoms with van der Waals surface area (Å²) in [5.41, 5.74) is 0.810. The van der Waals surface area contributed by atoms with Gasteiger partial charge >= 0.3 is 0 Å². The van der Waals surface area contributed by atoms with E-state index in [1.54, 1.807) is 30.3 Å². The number of ether oxygens (including phenoxy) is 4. The summed E-state index contributed by atoms with van der Waals surface area (Å²) in [5, 5.41) is 12.0. The van der Waals surface area contributed by atoms with Crippen LogP contribution in [-0.4, -0.2) is 61.8 Å². The van der Waals surface area contributed by atoms with Crippen LogP contribution >= 0.6 is 11.6 Å². The number of hydrogen-bond acceptors (Lipinski definition) is 8. The highest BCUT2D eigenvalue weighted by Gasteiger charge is 2.46. The summed E-state index contributed by atoms with van der Waals surface area (Å²) in [6, 6.07) is 9.03. The molecule has 2 atom stereocenters. The van der Waals surface area contributed by atoms with Crippen molar-refractivity contribution in [3.05, 3.63) is 64.1 Å². The van der Waals surface area contributed by atoms with E-state index in [1.807, 2.05) is 6.92 Å². The monoisotopic (exact) mass is 541 g/mol. The fraction of sp³-hybridized carbons (Fsp3) is 0.357. The number of amides is 1. The third-order valence-electron chi connectivity index (χ3n) is 6.77. The Labute approximate surface area is 224 Å². The number of carbonyl (C=O) groups is 2. The van der Waals surface area contributed by atoms with Crippen LogP contribution in [0.15, 0.2) is 52.1 Å². The van der Waals surface area contributed by atoms with Crippen LogP contribution < -0.4 is 14.2 Å². The molecule has 1 amide bonds. The number of methoxy groups -OCH3 is 2. The van der Waals surface area contributed by atoms with Crippen molar-refractivity contribution in [2.24, 2.45) is 0 Å². The maximum Gasteiger partial charge on any atom is 0.290 e. The maximum absolute atomic E-state index is 13.9. The first-order valence-corrected chi connectivity index (χ1v) is 12.7. The Morgan fingerprint density at radius 3 is 2.61 bits per heavy atom. The average molecular weight is 542 g/mol. The van der Waals surface area contributed by atoms with Crippen LogP contribution in [0, 0.1) is 0 Å². The van der Waals surface area contributed by atoms with Gasteiger partial charge in [-0.1, -0.05) is 17.7 Å². The first-order chi connectivity index (χ1) is 18.4. The van der Waals surface area contributed by atoms with Crippen LogP contribution in [0.4, 0.5) is 0 Å². The molecule has 0 bridgehead atoms. The summed E-state index contributed by atoms with van der Waals surface area (Å²) in [6.07, 6.45) is 1.45. The maximum atomic E-state index is 13.9. The molecule has 10 heteroatoms. The second-order valence-corrected chi connectivity index (χ2v) is 9.50. The highest BCUT2D eigenvalue weighted by atomic mass is 35.5. The van der Waals surface area contributed by atoms with E-state index in [-0.39, 0.29) is 24.0 Å². The molecule has 1 saturated heterocycles. The quantitative estimate of drug-likeness (QED) is 0.366. The van der Waals surface area contributed by atoms with E-state index in [0.717, 1.165) is 12.8 Å². The number of furan rings is 1. The highest BCUT2D eigenvalue weighted by Crippen LogP contribution is 2.43. The Morgan fingerprint density at radius 1 is 1.13 bits per heavy atom. The van der Waals surface area contributed by atoms with Gasteiger partial charge in [-0.3, -0.25) is 9.59 Å². The first kappa shape index (κ1) is 25.9. The minimum Gasteiger partial charge on any atom is -0.503 e. The Kier molecular flexibility index (Phi) is 7.23. The Bertz CT molecular complexity index is 1420. The van der Waals surface area contributed by atoms with E-state index in [4.69, 9.17) is 35.0 Å². The van der Waals surface area contributed by atoms with Crippen LogP contribution in [0.2, 0.25) is 5.02 Å². The van der Waals surface area contributed by atoms with Gasteiger partial charge in [0.15, 0.2) is 34.4 Å². The molecular weight excluding hydrogens is 514 g/mol. The number of ketones is 1. The van der Waals surface area contributed by atoms with Gasteiger partial charge < -0.3 is 33.4 Å². The molecule has 1 fully saturated rings. The zero-order chi connectivity index (χ0) is 27.0. The Hall–Kier alpha value is -3.69. The summed E-state index contributed by atoms with van der Waals surface area (Å²) in [7, 11) is 2.98. The normalized spacial score (nSPS) is 19.5. The van der Waals surface area contributed by atoms with Crippen molar-refractivity contribution >= 4 is 34.3 Å². The lowest BCUT2D eigenvalue weighted by Gasteiger charge is -2.29. The molecule has 2 unspecified atom stereocenters. The molecule has 38 heavy (non-hydrogen) atoms. The number of nitrogens with zero attached hydrogens (tertiary/aromatic N) is 1. The molecule has 2 aliphatic heterocycles. The van der Waals surface area contributed by atoms with Crippen molar-refractivity contribution < 1.29 is 38.1 Å².